The summed E-state index contributed by atoms with van der Waals surface area (Å²) in [7, 11) is -2.37. The van der Waals surface area contributed by atoms with Crippen LogP contribution in [0, 0.1) is 0 Å². The number of thiophene rings is 1. The molecule has 1 aliphatic rings. The van der Waals surface area contributed by atoms with Crippen LogP contribution in [0.2, 0.25) is 0 Å². The molecule has 2 heterocycles. The van der Waals surface area contributed by atoms with Gasteiger partial charge in [0, 0.05) is 34.6 Å². The molecule has 2 aromatic carbocycles. The zero-order valence-corrected chi connectivity index (χ0v) is 19.7. The van der Waals surface area contributed by atoms with E-state index in [4.69, 9.17) is 9.47 Å². The van der Waals surface area contributed by atoms with E-state index in [1.807, 2.05) is 42.5 Å². The number of morpholine rings is 1. The van der Waals surface area contributed by atoms with Crippen LogP contribution in [0.3, 0.4) is 0 Å². The normalized spacial score (nSPS) is 14.9. The van der Waals surface area contributed by atoms with Gasteiger partial charge in [-0.3, -0.25) is 4.79 Å². The monoisotopic (exact) mass is 484 g/mol. The highest BCUT2D eigenvalue weighted by Gasteiger charge is 2.29. The Labute approximate surface area is 197 Å². The maximum Gasteiger partial charge on any atom is 0.248 e. The fourth-order valence-corrected chi connectivity index (χ4v) is 5.93. The molecule has 7 nitrogen and oxygen atoms in total. The molecule has 1 aromatic heterocycles. The molecule has 9 heteroatoms. The fraction of sp³-hybridized carbons (Fsp3) is 0.208. The first-order valence-electron chi connectivity index (χ1n) is 10.4. The van der Waals surface area contributed by atoms with Crippen LogP contribution in [0.25, 0.3) is 16.5 Å². The van der Waals surface area contributed by atoms with Crippen molar-refractivity contribution in [2.75, 3.05) is 38.7 Å². The molecule has 1 N–H and O–H groups in total. The highest BCUT2D eigenvalue weighted by molar-refractivity contribution is 7.89. The Bertz CT molecular complexity index is 1250. The summed E-state index contributed by atoms with van der Waals surface area (Å²) in [5.41, 5.74) is 1.49. The lowest BCUT2D eigenvalue weighted by Crippen LogP contribution is -2.40. The zero-order valence-electron chi connectivity index (χ0n) is 18.1. The van der Waals surface area contributed by atoms with Gasteiger partial charge in [0.25, 0.3) is 0 Å². The summed E-state index contributed by atoms with van der Waals surface area (Å²) in [6.45, 7) is 1.24. The van der Waals surface area contributed by atoms with Crippen LogP contribution < -0.4 is 10.1 Å². The second kappa shape index (κ2) is 10.3. The smallest absolute Gasteiger partial charge is 0.248 e. The number of rotatable bonds is 7. The molecule has 1 amide bonds. The van der Waals surface area contributed by atoms with Crippen LogP contribution in [0.1, 0.15) is 4.88 Å². The van der Waals surface area contributed by atoms with Crippen molar-refractivity contribution in [3.8, 4) is 16.2 Å². The minimum atomic E-state index is -3.78. The van der Waals surface area contributed by atoms with E-state index in [9.17, 15) is 13.2 Å². The van der Waals surface area contributed by atoms with Crippen molar-refractivity contribution >= 4 is 39.0 Å². The molecular formula is C24H24N2O5S2. The van der Waals surface area contributed by atoms with Gasteiger partial charge in [-0.15, -0.1) is 11.3 Å². The average molecular weight is 485 g/mol. The van der Waals surface area contributed by atoms with E-state index in [0.29, 0.717) is 18.9 Å². The summed E-state index contributed by atoms with van der Waals surface area (Å²) >= 11 is 1.58. The Balaban J connectivity index is 1.48. The van der Waals surface area contributed by atoms with Gasteiger partial charge in [0.1, 0.15) is 10.6 Å². The van der Waals surface area contributed by atoms with E-state index in [1.54, 1.807) is 23.5 Å². The van der Waals surface area contributed by atoms with Crippen LogP contribution >= 0.6 is 11.3 Å². The molecule has 3 aromatic rings. The van der Waals surface area contributed by atoms with Crippen molar-refractivity contribution in [2.45, 2.75) is 4.90 Å². The maximum atomic E-state index is 13.1. The topological polar surface area (TPSA) is 84.9 Å². The van der Waals surface area contributed by atoms with Crippen molar-refractivity contribution in [2.24, 2.45) is 0 Å². The summed E-state index contributed by atoms with van der Waals surface area (Å²) < 4.78 is 38.1. The highest BCUT2D eigenvalue weighted by atomic mass is 32.2. The van der Waals surface area contributed by atoms with E-state index < -0.39 is 10.0 Å². The molecule has 33 heavy (non-hydrogen) atoms. The van der Waals surface area contributed by atoms with Gasteiger partial charge in [-0.05, 0) is 42.0 Å². The van der Waals surface area contributed by atoms with Gasteiger partial charge in [-0.1, -0.05) is 30.3 Å². The number of nitrogens with zero attached hydrogens (tertiary/aromatic N) is 1. The Morgan fingerprint density at radius 1 is 1.09 bits per heavy atom. The SMILES string of the molecule is COc1ccc(NC(=O)/C=C/c2ccc(-c3ccccc3)s2)cc1S(=O)(=O)N1CCOCC1. The molecule has 4 rings (SSSR count). The number of carbonyl (C=O) groups is 1. The van der Waals surface area contributed by atoms with Gasteiger partial charge in [-0.25, -0.2) is 8.42 Å². The molecule has 0 saturated carbocycles. The molecule has 172 valence electrons. The molecule has 1 aliphatic heterocycles. The lowest BCUT2D eigenvalue weighted by Gasteiger charge is -2.26. The Morgan fingerprint density at radius 3 is 2.58 bits per heavy atom. The van der Waals surface area contributed by atoms with Gasteiger partial charge in [0.15, 0.2) is 0 Å². The van der Waals surface area contributed by atoms with Crippen LogP contribution in [0.5, 0.6) is 5.75 Å². The second-order valence-corrected chi connectivity index (χ2v) is 10.3. The zero-order chi connectivity index (χ0) is 23.3. The number of benzene rings is 2. The largest absolute Gasteiger partial charge is 0.495 e. The predicted octanol–water partition coefficient (Wildman–Crippen LogP) is 4.10. The summed E-state index contributed by atoms with van der Waals surface area (Å²) in [5, 5.41) is 2.73. The van der Waals surface area contributed by atoms with E-state index in [0.717, 1.165) is 15.3 Å². The van der Waals surface area contributed by atoms with Crippen molar-refractivity contribution < 1.29 is 22.7 Å². The van der Waals surface area contributed by atoms with E-state index >= 15 is 0 Å². The number of ether oxygens (including phenoxy) is 2. The third-order valence-electron chi connectivity index (χ3n) is 5.10. The van der Waals surface area contributed by atoms with Crippen LogP contribution in [0.15, 0.2) is 71.6 Å². The predicted molar refractivity (Wildman–Crippen MR) is 130 cm³/mol. The first-order valence-corrected chi connectivity index (χ1v) is 12.6. The number of anilines is 1. The molecule has 1 fully saturated rings. The number of methoxy groups -OCH3 is 1. The van der Waals surface area contributed by atoms with Crippen LogP contribution in [0.4, 0.5) is 5.69 Å². The summed E-state index contributed by atoms with van der Waals surface area (Å²) in [6, 6.07) is 18.6. The number of nitrogens with one attached hydrogen (secondary N) is 1. The molecular weight excluding hydrogens is 460 g/mol. The molecule has 0 aliphatic carbocycles. The number of amides is 1. The minimum absolute atomic E-state index is 0.0134. The number of hydrogen-bond acceptors (Lipinski definition) is 6. The Hall–Kier alpha value is -2.98. The van der Waals surface area contributed by atoms with Crippen molar-refractivity contribution in [1.82, 2.24) is 4.31 Å². The van der Waals surface area contributed by atoms with Crippen LogP contribution in [-0.4, -0.2) is 52.0 Å². The molecule has 1 saturated heterocycles. The number of sulfonamides is 1. The van der Waals surface area contributed by atoms with Gasteiger partial charge in [0.2, 0.25) is 15.9 Å². The molecule has 0 spiro atoms. The third-order valence-corrected chi connectivity index (χ3v) is 8.12. The quantitative estimate of drug-likeness (QED) is 0.511. The average Bonchev–Trinajstić information content (AvgIpc) is 3.33. The Kier molecular flexibility index (Phi) is 7.24. The highest BCUT2D eigenvalue weighted by Crippen LogP contribution is 2.31. The molecule has 0 radical (unpaired) electrons. The number of carbonyl (C=O) groups excluding carboxylic acids is 1. The summed E-state index contributed by atoms with van der Waals surface area (Å²) in [6.07, 6.45) is 3.17. The van der Waals surface area contributed by atoms with Gasteiger partial charge in [-0.2, -0.15) is 4.31 Å². The minimum Gasteiger partial charge on any atom is -0.495 e. The number of hydrogen-bond donors (Lipinski definition) is 1. The molecule has 0 atom stereocenters. The Morgan fingerprint density at radius 2 is 1.85 bits per heavy atom. The van der Waals surface area contributed by atoms with E-state index in [2.05, 4.69) is 5.32 Å². The van der Waals surface area contributed by atoms with Crippen LogP contribution in [-0.2, 0) is 19.6 Å². The van der Waals surface area contributed by atoms with Gasteiger partial charge in [0.05, 0.1) is 20.3 Å². The lowest BCUT2D eigenvalue weighted by atomic mass is 10.2. The van der Waals surface area contributed by atoms with Crippen molar-refractivity contribution in [3.63, 3.8) is 0 Å². The van der Waals surface area contributed by atoms with E-state index in [-0.39, 0.29) is 29.6 Å². The molecule has 0 unspecified atom stereocenters. The van der Waals surface area contributed by atoms with Gasteiger partial charge >= 0.3 is 0 Å². The standard InChI is InChI=1S/C24H24N2O5S2/c1-30-21-10-7-19(17-23(21)33(28,29)26-13-15-31-16-14-26)25-24(27)12-9-20-8-11-22(32-20)18-5-3-2-4-6-18/h2-12,17H,13-16H2,1H3,(H,25,27)/b12-9+. The lowest BCUT2D eigenvalue weighted by molar-refractivity contribution is -0.111. The van der Waals surface area contributed by atoms with E-state index in [1.165, 1.54) is 29.6 Å². The van der Waals surface area contributed by atoms with Crippen molar-refractivity contribution in [1.29, 1.82) is 0 Å². The third kappa shape index (κ3) is 5.51. The molecule has 0 bridgehead atoms. The second-order valence-electron chi connectivity index (χ2n) is 7.27. The maximum absolute atomic E-state index is 13.1. The summed E-state index contributed by atoms with van der Waals surface area (Å²) in [4.78, 5) is 14.5. The van der Waals surface area contributed by atoms with Gasteiger partial charge < -0.3 is 14.8 Å². The summed E-state index contributed by atoms with van der Waals surface area (Å²) in [5.74, 6) is -0.133. The first-order chi connectivity index (χ1) is 16.0. The first kappa shape index (κ1) is 23.2. The van der Waals surface area contributed by atoms with Crippen molar-refractivity contribution in [3.05, 3.63) is 71.6 Å². The fourth-order valence-electron chi connectivity index (χ4n) is 3.42.